The molecule has 0 aliphatic carbocycles. The first-order valence-corrected chi connectivity index (χ1v) is 8.61. The Morgan fingerprint density at radius 1 is 1.41 bits per heavy atom. The van der Waals surface area contributed by atoms with E-state index < -0.39 is 0 Å². The molecule has 2 aromatic rings. The number of carbonyl (C=O) groups is 1. The second-order valence-corrected chi connectivity index (χ2v) is 6.59. The van der Waals surface area contributed by atoms with Gasteiger partial charge in [0.1, 0.15) is 0 Å². The van der Waals surface area contributed by atoms with Gasteiger partial charge in [0, 0.05) is 30.1 Å². The van der Waals surface area contributed by atoms with Crippen LogP contribution in [-0.4, -0.2) is 34.9 Å². The van der Waals surface area contributed by atoms with E-state index in [0.29, 0.717) is 11.6 Å². The minimum absolute atomic E-state index is 0.0278. The van der Waals surface area contributed by atoms with Crippen molar-refractivity contribution in [1.29, 1.82) is 0 Å². The summed E-state index contributed by atoms with van der Waals surface area (Å²) in [6.07, 6.45) is 3.20. The predicted molar refractivity (Wildman–Crippen MR) is 90.0 cm³/mol. The summed E-state index contributed by atoms with van der Waals surface area (Å²) in [4.78, 5) is 19.2. The SMILES string of the molecule is Cc1ccccc1-c1csc(C(=O)N2CCCCC2CN)n1. The number of hydrogen-bond donors (Lipinski definition) is 1. The largest absolute Gasteiger partial charge is 0.332 e. The molecule has 1 atom stereocenters. The van der Waals surface area contributed by atoms with Gasteiger partial charge in [-0.25, -0.2) is 4.98 Å². The molecule has 1 fully saturated rings. The Morgan fingerprint density at radius 2 is 2.23 bits per heavy atom. The number of nitrogens with zero attached hydrogens (tertiary/aromatic N) is 2. The van der Waals surface area contributed by atoms with Gasteiger partial charge in [0.15, 0.2) is 5.01 Å². The second-order valence-electron chi connectivity index (χ2n) is 5.74. The molecule has 1 aliphatic heterocycles. The highest BCUT2D eigenvalue weighted by atomic mass is 32.1. The summed E-state index contributed by atoms with van der Waals surface area (Å²) in [6, 6.07) is 8.27. The van der Waals surface area contributed by atoms with Gasteiger partial charge in [0.05, 0.1) is 5.69 Å². The molecular weight excluding hydrogens is 294 g/mol. The number of amides is 1. The van der Waals surface area contributed by atoms with E-state index in [1.54, 1.807) is 0 Å². The number of piperidine rings is 1. The van der Waals surface area contributed by atoms with Crippen molar-refractivity contribution in [2.75, 3.05) is 13.1 Å². The standard InChI is InChI=1S/C17H21N3OS/c1-12-6-2-3-8-14(12)15-11-22-16(19-15)17(21)20-9-5-4-7-13(20)10-18/h2-3,6,8,11,13H,4-5,7,9-10,18H2,1H3. The zero-order valence-corrected chi connectivity index (χ0v) is 13.6. The van der Waals surface area contributed by atoms with E-state index in [9.17, 15) is 4.79 Å². The van der Waals surface area contributed by atoms with Gasteiger partial charge in [-0.05, 0) is 31.7 Å². The molecule has 1 aliphatic rings. The van der Waals surface area contributed by atoms with E-state index in [2.05, 4.69) is 18.0 Å². The van der Waals surface area contributed by atoms with Crippen LogP contribution in [0, 0.1) is 6.92 Å². The van der Waals surface area contributed by atoms with Crippen LogP contribution in [0.1, 0.15) is 34.6 Å². The van der Waals surface area contributed by atoms with Gasteiger partial charge in [-0.3, -0.25) is 4.79 Å². The Kier molecular flexibility index (Phi) is 4.55. The molecule has 22 heavy (non-hydrogen) atoms. The molecule has 2 N–H and O–H groups in total. The van der Waals surface area contributed by atoms with E-state index in [-0.39, 0.29) is 11.9 Å². The summed E-state index contributed by atoms with van der Waals surface area (Å²) >= 11 is 1.42. The van der Waals surface area contributed by atoms with Crippen molar-refractivity contribution in [3.63, 3.8) is 0 Å². The maximum absolute atomic E-state index is 12.7. The molecule has 5 heteroatoms. The summed E-state index contributed by atoms with van der Waals surface area (Å²) in [5.74, 6) is 0.0278. The predicted octanol–water partition coefficient (Wildman–Crippen LogP) is 3.07. The zero-order chi connectivity index (χ0) is 15.5. The molecule has 1 aromatic heterocycles. The van der Waals surface area contributed by atoms with Crippen molar-refractivity contribution in [3.8, 4) is 11.3 Å². The summed E-state index contributed by atoms with van der Waals surface area (Å²) in [5, 5.41) is 2.54. The van der Waals surface area contributed by atoms with Crippen LogP contribution in [0.4, 0.5) is 0 Å². The monoisotopic (exact) mass is 315 g/mol. The molecule has 3 rings (SSSR count). The molecule has 116 valence electrons. The minimum Gasteiger partial charge on any atom is -0.332 e. The fourth-order valence-corrected chi connectivity index (χ4v) is 3.76. The van der Waals surface area contributed by atoms with Crippen molar-refractivity contribution in [3.05, 3.63) is 40.2 Å². The number of aryl methyl sites for hydroxylation is 1. The van der Waals surface area contributed by atoms with Gasteiger partial charge >= 0.3 is 0 Å². The maximum Gasteiger partial charge on any atom is 0.283 e. The first-order valence-electron chi connectivity index (χ1n) is 7.73. The van der Waals surface area contributed by atoms with Crippen molar-refractivity contribution in [1.82, 2.24) is 9.88 Å². The number of nitrogens with two attached hydrogens (primary N) is 1. The number of carbonyl (C=O) groups excluding carboxylic acids is 1. The molecule has 0 radical (unpaired) electrons. The Hall–Kier alpha value is -1.72. The van der Waals surface area contributed by atoms with Gasteiger partial charge in [-0.15, -0.1) is 11.3 Å². The van der Waals surface area contributed by atoms with Gasteiger partial charge in [-0.1, -0.05) is 24.3 Å². The Labute approximate surface area is 135 Å². The Balaban J connectivity index is 1.84. The number of thiazole rings is 1. The third kappa shape index (κ3) is 2.91. The second kappa shape index (κ2) is 6.58. The van der Waals surface area contributed by atoms with Crippen LogP contribution in [0.3, 0.4) is 0 Å². The van der Waals surface area contributed by atoms with E-state index in [1.807, 2.05) is 28.5 Å². The fourth-order valence-electron chi connectivity index (χ4n) is 2.99. The Morgan fingerprint density at radius 3 is 3.00 bits per heavy atom. The minimum atomic E-state index is 0.0278. The van der Waals surface area contributed by atoms with Gasteiger partial charge in [0.25, 0.3) is 5.91 Å². The highest BCUT2D eigenvalue weighted by molar-refractivity contribution is 7.12. The highest BCUT2D eigenvalue weighted by Gasteiger charge is 2.28. The molecule has 1 amide bonds. The highest BCUT2D eigenvalue weighted by Crippen LogP contribution is 2.27. The topological polar surface area (TPSA) is 59.2 Å². The maximum atomic E-state index is 12.7. The van der Waals surface area contributed by atoms with E-state index in [1.165, 1.54) is 16.9 Å². The van der Waals surface area contributed by atoms with Crippen LogP contribution in [0.25, 0.3) is 11.3 Å². The van der Waals surface area contributed by atoms with Crippen LogP contribution in [0.2, 0.25) is 0 Å². The summed E-state index contributed by atoms with van der Waals surface area (Å²) in [5.41, 5.74) is 8.96. The van der Waals surface area contributed by atoms with Crippen molar-refractivity contribution < 1.29 is 4.79 Å². The number of hydrogen-bond acceptors (Lipinski definition) is 4. The first kappa shape index (κ1) is 15.2. The molecule has 2 heterocycles. The lowest BCUT2D eigenvalue weighted by atomic mass is 10.0. The van der Waals surface area contributed by atoms with Crippen LogP contribution >= 0.6 is 11.3 Å². The first-order chi connectivity index (χ1) is 10.7. The third-order valence-electron chi connectivity index (χ3n) is 4.27. The van der Waals surface area contributed by atoms with Crippen LogP contribution in [0.5, 0.6) is 0 Å². The van der Waals surface area contributed by atoms with Crippen LogP contribution < -0.4 is 5.73 Å². The molecule has 0 saturated carbocycles. The molecule has 1 unspecified atom stereocenters. The summed E-state index contributed by atoms with van der Waals surface area (Å²) in [6.45, 7) is 3.38. The van der Waals surface area contributed by atoms with E-state index >= 15 is 0 Å². The lowest BCUT2D eigenvalue weighted by Gasteiger charge is -2.34. The fraction of sp³-hybridized carbons (Fsp3) is 0.412. The van der Waals surface area contributed by atoms with Crippen molar-refractivity contribution in [2.45, 2.75) is 32.2 Å². The average molecular weight is 315 g/mol. The van der Waals surface area contributed by atoms with Gasteiger partial charge < -0.3 is 10.6 Å². The average Bonchev–Trinajstić information content (AvgIpc) is 3.04. The third-order valence-corrected chi connectivity index (χ3v) is 5.10. The summed E-state index contributed by atoms with van der Waals surface area (Å²) in [7, 11) is 0. The lowest BCUT2D eigenvalue weighted by Crippen LogP contribution is -2.47. The normalized spacial score (nSPS) is 18.5. The Bertz CT molecular complexity index is 667. The lowest BCUT2D eigenvalue weighted by molar-refractivity contribution is 0.0623. The quantitative estimate of drug-likeness (QED) is 0.947. The van der Waals surface area contributed by atoms with Gasteiger partial charge in [-0.2, -0.15) is 0 Å². The van der Waals surface area contributed by atoms with Crippen molar-refractivity contribution >= 4 is 17.2 Å². The molecular formula is C17H21N3OS. The molecule has 1 aromatic carbocycles. The smallest absolute Gasteiger partial charge is 0.283 e. The number of aromatic nitrogens is 1. The molecule has 1 saturated heterocycles. The number of likely N-dealkylation sites (tertiary alicyclic amines) is 1. The number of rotatable bonds is 3. The van der Waals surface area contributed by atoms with Gasteiger partial charge in [0.2, 0.25) is 0 Å². The number of benzene rings is 1. The van der Waals surface area contributed by atoms with Crippen LogP contribution in [0.15, 0.2) is 29.6 Å². The molecule has 4 nitrogen and oxygen atoms in total. The van der Waals surface area contributed by atoms with Crippen molar-refractivity contribution in [2.24, 2.45) is 5.73 Å². The molecule has 0 bridgehead atoms. The molecule has 0 spiro atoms. The zero-order valence-electron chi connectivity index (χ0n) is 12.8. The summed E-state index contributed by atoms with van der Waals surface area (Å²) < 4.78 is 0. The van der Waals surface area contributed by atoms with Crippen LogP contribution in [-0.2, 0) is 0 Å². The van der Waals surface area contributed by atoms with E-state index in [4.69, 9.17) is 5.73 Å². The van der Waals surface area contributed by atoms with E-state index in [0.717, 1.165) is 37.1 Å².